The minimum atomic E-state index is -2.94. The van der Waals surface area contributed by atoms with Crippen LogP contribution in [0.1, 0.15) is 20.8 Å². The molecule has 15 aromatic carbocycles. The standard InChI is InChI=1S/C94H66N2O3Si2/c1-94(2,3)101(69-31-14-7-15-32-69,72-47-53-91-83(60-72)81-57-64(44-50-89(81)98-91)95-84-39-19-16-34-74(84)75-35-17-20-40-85(75)95)71-33-22-24-63(54-71)73-37-23-38-77-79-56-62(43-49-92(79)99-93(73)77)61-42-48-87-78(55-61)76-36-18-21-41-86(76)96(87)65-45-51-88-80(58-65)82-59-70(46-52-90(82)97-88)100(66-25-8-4-9-26-66,67-27-10-5-11-28-67)68-29-12-6-13-30-68/h4-60H,1-3H3. The summed E-state index contributed by atoms with van der Waals surface area (Å²) in [6, 6.07) is 128. The van der Waals surface area contributed by atoms with E-state index >= 15 is 0 Å². The van der Waals surface area contributed by atoms with Crippen molar-refractivity contribution in [2.45, 2.75) is 25.8 Å². The summed E-state index contributed by atoms with van der Waals surface area (Å²) in [7, 11) is -5.75. The third-order valence-corrected chi connectivity index (χ3v) is 32.5. The molecule has 0 radical (unpaired) electrons. The lowest BCUT2D eigenvalue weighted by atomic mass is 9.99. The van der Waals surface area contributed by atoms with Gasteiger partial charge in [0.1, 0.15) is 33.5 Å². The first-order valence-electron chi connectivity index (χ1n) is 34.9. The van der Waals surface area contributed by atoms with E-state index in [1.807, 2.05) is 0 Å². The zero-order chi connectivity index (χ0) is 67.1. The number of benzene rings is 15. The first-order valence-corrected chi connectivity index (χ1v) is 38.9. The number of hydrogen-bond acceptors (Lipinski definition) is 3. The lowest BCUT2D eigenvalue weighted by molar-refractivity contribution is 0.668. The SMILES string of the molecule is CC(C)(C)[Si](c1ccccc1)(c1cccc(-c2cccc3c2oc2ccc(-c4ccc5c(c4)c4ccccc4n5-c4ccc5oc6ccc([Si](c7ccccc7)(c7ccccc7)c7ccccc7)cc6c5c4)cc23)c1)c1ccc2oc3ccc(-n4c5ccccc5c5ccccc54)cc3c2c1. The lowest BCUT2D eigenvalue weighted by Crippen LogP contribution is -2.74. The number of aromatic nitrogens is 2. The number of nitrogens with zero attached hydrogens (tertiary/aromatic N) is 2. The van der Waals surface area contributed by atoms with Gasteiger partial charge in [0.05, 0.1) is 22.1 Å². The van der Waals surface area contributed by atoms with Crippen molar-refractivity contribution < 1.29 is 13.3 Å². The predicted octanol–water partition coefficient (Wildman–Crippen LogP) is 20.6. The zero-order valence-corrected chi connectivity index (χ0v) is 58.0. The van der Waals surface area contributed by atoms with Crippen LogP contribution in [-0.4, -0.2) is 25.3 Å². The average molecular weight is 1330 g/mol. The summed E-state index contributed by atoms with van der Waals surface area (Å²) in [6.07, 6.45) is 0. The minimum absolute atomic E-state index is 0.186. The molecule has 0 fully saturated rings. The van der Waals surface area contributed by atoms with Gasteiger partial charge in [-0.2, -0.15) is 0 Å². The van der Waals surface area contributed by atoms with Crippen molar-refractivity contribution in [3.05, 3.63) is 346 Å². The van der Waals surface area contributed by atoms with E-state index in [0.717, 1.165) is 110 Å². The second kappa shape index (κ2) is 22.6. The Labute approximate surface area is 585 Å². The molecule has 20 rings (SSSR count). The van der Waals surface area contributed by atoms with Gasteiger partial charge in [-0.25, -0.2) is 0 Å². The van der Waals surface area contributed by atoms with Gasteiger partial charge in [0.2, 0.25) is 0 Å². The fraction of sp³-hybridized carbons (Fsp3) is 0.0426. The highest BCUT2D eigenvalue weighted by molar-refractivity contribution is 7.20. The second-order valence-corrected chi connectivity index (χ2v) is 36.8. The molecule has 5 heterocycles. The van der Waals surface area contributed by atoms with Gasteiger partial charge in [-0.3, -0.25) is 0 Å². The number of hydrogen-bond donors (Lipinski definition) is 0. The van der Waals surface area contributed by atoms with Crippen LogP contribution in [-0.2, 0) is 0 Å². The molecular weight excluding hydrogens is 1260 g/mol. The van der Waals surface area contributed by atoms with Gasteiger partial charge in [0.25, 0.3) is 0 Å². The maximum atomic E-state index is 7.06. The number of rotatable bonds is 11. The maximum Gasteiger partial charge on any atom is 0.179 e. The van der Waals surface area contributed by atoms with Gasteiger partial charge >= 0.3 is 0 Å². The molecule has 0 saturated carbocycles. The summed E-state index contributed by atoms with van der Waals surface area (Å²) in [5.41, 5.74) is 16.5. The first-order chi connectivity index (χ1) is 49.7. The molecule has 7 heteroatoms. The Morgan fingerprint density at radius 1 is 0.238 bits per heavy atom. The minimum Gasteiger partial charge on any atom is -0.456 e. The molecule has 478 valence electrons. The Hall–Kier alpha value is -12.3. The Kier molecular flexibility index (Phi) is 13.2. The van der Waals surface area contributed by atoms with Gasteiger partial charge in [0, 0.05) is 70.8 Å². The van der Waals surface area contributed by atoms with E-state index in [9.17, 15) is 0 Å². The number of fused-ring (bicyclic) bond motifs is 15. The van der Waals surface area contributed by atoms with Crippen LogP contribution in [0.15, 0.2) is 359 Å². The molecule has 5 nitrogen and oxygen atoms in total. The molecule has 1 unspecified atom stereocenters. The highest BCUT2D eigenvalue weighted by Gasteiger charge is 2.50. The highest BCUT2D eigenvalue weighted by atomic mass is 28.3. The molecule has 0 N–H and O–H groups in total. The molecule has 0 aliphatic carbocycles. The van der Waals surface area contributed by atoms with Crippen molar-refractivity contribution in [3.63, 3.8) is 0 Å². The van der Waals surface area contributed by atoms with Gasteiger partial charge in [-0.15, -0.1) is 0 Å². The molecule has 0 aliphatic heterocycles. The van der Waals surface area contributed by atoms with E-state index in [1.165, 1.54) is 68.9 Å². The fourth-order valence-electron chi connectivity index (χ4n) is 17.6. The third kappa shape index (κ3) is 8.86. The van der Waals surface area contributed by atoms with Crippen molar-refractivity contribution in [1.29, 1.82) is 0 Å². The summed E-state index contributed by atoms with van der Waals surface area (Å²) < 4.78 is 25.3. The monoisotopic (exact) mass is 1330 g/mol. The van der Waals surface area contributed by atoms with Crippen LogP contribution in [0.5, 0.6) is 0 Å². The van der Waals surface area contributed by atoms with Gasteiger partial charge in [0.15, 0.2) is 16.1 Å². The smallest absolute Gasteiger partial charge is 0.179 e. The van der Waals surface area contributed by atoms with Crippen molar-refractivity contribution in [2.24, 2.45) is 0 Å². The molecule has 0 aliphatic rings. The van der Waals surface area contributed by atoms with E-state index in [0.29, 0.717) is 0 Å². The molecule has 5 aromatic heterocycles. The van der Waals surface area contributed by atoms with Crippen molar-refractivity contribution in [2.75, 3.05) is 0 Å². The molecule has 1 atom stereocenters. The van der Waals surface area contributed by atoms with Crippen LogP contribution in [0.3, 0.4) is 0 Å². The van der Waals surface area contributed by atoms with E-state index in [4.69, 9.17) is 13.3 Å². The largest absolute Gasteiger partial charge is 0.456 e. The van der Waals surface area contributed by atoms with E-state index in [2.05, 4.69) is 376 Å². The quantitative estimate of drug-likeness (QED) is 0.0958. The predicted molar refractivity (Wildman–Crippen MR) is 429 cm³/mol. The average Bonchev–Trinajstić information content (AvgIpc) is 1.53. The maximum absolute atomic E-state index is 7.06. The first kappa shape index (κ1) is 58.8. The topological polar surface area (TPSA) is 49.3 Å². The zero-order valence-electron chi connectivity index (χ0n) is 56.0. The Balaban J connectivity index is 0.680. The molecular formula is C94H66N2O3Si2. The molecule has 20 aromatic rings. The third-order valence-electron chi connectivity index (χ3n) is 21.9. The molecule has 101 heavy (non-hydrogen) atoms. The van der Waals surface area contributed by atoms with Gasteiger partial charge in [-0.1, -0.05) is 276 Å². The van der Waals surface area contributed by atoms with E-state index in [1.54, 1.807) is 0 Å². The highest BCUT2D eigenvalue weighted by Crippen LogP contribution is 2.44. The molecule has 0 amide bonds. The van der Waals surface area contributed by atoms with Crippen molar-refractivity contribution in [3.8, 4) is 33.6 Å². The Morgan fingerprint density at radius 3 is 1.16 bits per heavy atom. The van der Waals surface area contributed by atoms with E-state index in [-0.39, 0.29) is 5.04 Å². The van der Waals surface area contributed by atoms with Gasteiger partial charge in [-0.05, 0) is 149 Å². The van der Waals surface area contributed by atoms with Crippen LogP contribution in [0, 0.1) is 0 Å². The van der Waals surface area contributed by atoms with Gasteiger partial charge < -0.3 is 22.4 Å². The molecule has 0 bridgehead atoms. The summed E-state index contributed by atoms with van der Waals surface area (Å²) in [5, 5.41) is 20.6. The van der Waals surface area contributed by atoms with Crippen LogP contribution >= 0.6 is 0 Å². The van der Waals surface area contributed by atoms with E-state index < -0.39 is 16.1 Å². The van der Waals surface area contributed by atoms with Crippen LogP contribution in [0.25, 0.3) is 143 Å². The number of furan rings is 3. The summed E-state index contributed by atoms with van der Waals surface area (Å²) >= 11 is 0. The fourth-order valence-corrected chi connectivity index (χ4v) is 28.1. The normalized spacial score (nSPS) is 13.0. The number of para-hydroxylation sites is 4. The summed E-state index contributed by atoms with van der Waals surface area (Å²) in [5.74, 6) is 0. The van der Waals surface area contributed by atoms with Crippen LogP contribution in [0.2, 0.25) is 5.04 Å². The van der Waals surface area contributed by atoms with Crippen molar-refractivity contribution in [1.82, 2.24) is 9.13 Å². The second-order valence-electron chi connectivity index (χ2n) is 28.2. The summed E-state index contributed by atoms with van der Waals surface area (Å²) in [4.78, 5) is 0. The lowest BCUT2D eigenvalue weighted by Gasteiger charge is -2.44. The molecule has 0 saturated heterocycles. The van der Waals surface area contributed by atoms with Crippen molar-refractivity contribution >= 4 is 162 Å². The van der Waals surface area contributed by atoms with Crippen LogP contribution < -0.4 is 36.3 Å². The Morgan fingerprint density at radius 2 is 0.614 bits per heavy atom. The molecule has 0 spiro atoms. The van der Waals surface area contributed by atoms with Crippen LogP contribution in [0.4, 0.5) is 0 Å². The Bertz CT molecular complexity index is 6540. The summed E-state index contributed by atoms with van der Waals surface area (Å²) in [6.45, 7) is 7.33.